The van der Waals surface area contributed by atoms with Gasteiger partial charge in [0.2, 0.25) is 0 Å². The number of carbonyl (C=O) groups is 3. The Hall–Kier alpha value is -5.24. The third kappa shape index (κ3) is 3.27. The number of halogens is 1. The van der Waals surface area contributed by atoms with Crippen LogP contribution in [0.15, 0.2) is 103 Å². The van der Waals surface area contributed by atoms with E-state index in [9.17, 15) is 24.5 Å². The van der Waals surface area contributed by atoms with E-state index in [0.717, 1.165) is 5.56 Å². The lowest BCUT2D eigenvalue weighted by molar-refractivity contribution is -0.384. The van der Waals surface area contributed by atoms with Crippen molar-refractivity contribution >= 4 is 34.8 Å². The summed E-state index contributed by atoms with van der Waals surface area (Å²) in [6, 6.07) is 22.9. The minimum absolute atomic E-state index is 0.0857. The Bertz CT molecular complexity index is 1790. The van der Waals surface area contributed by atoms with Crippen LogP contribution in [-0.4, -0.2) is 34.4 Å². The normalized spacial score (nSPS) is 21.5. The van der Waals surface area contributed by atoms with E-state index >= 15 is 4.39 Å². The molecule has 8 heteroatoms. The number of nitro groups is 1. The third-order valence-electron chi connectivity index (χ3n) is 8.58. The summed E-state index contributed by atoms with van der Waals surface area (Å²) in [5.74, 6) is -3.21. The Labute approximate surface area is 233 Å². The third-order valence-corrected chi connectivity index (χ3v) is 8.58. The van der Waals surface area contributed by atoms with Crippen LogP contribution < -0.4 is 4.90 Å². The quantitative estimate of drug-likeness (QED) is 0.134. The highest BCUT2D eigenvalue weighted by Crippen LogP contribution is 2.61. The number of nitrogens with zero attached hydrogens (tertiary/aromatic N) is 2. The highest BCUT2D eigenvalue weighted by Gasteiger charge is 2.71. The van der Waals surface area contributed by atoms with Crippen LogP contribution in [0.2, 0.25) is 0 Å². The minimum Gasteiger partial charge on any atom is -0.352 e. The van der Waals surface area contributed by atoms with Gasteiger partial charge in [0.25, 0.3) is 5.69 Å². The second-order valence-electron chi connectivity index (χ2n) is 10.5. The predicted molar refractivity (Wildman–Crippen MR) is 150 cm³/mol. The van der Waals surface area contributed by atoms with Crippen LogP contribution in [0.3, 0.4) is 0 Å². The Morgan fingerprint density at radius 1 is 0.829 bits per heavy atom. The van der Waals surface area contributed by atoms with Gasteiger partial charge >= 0.3 is 0 Å². The first-order valence-electron chi connectivity index (χ1n) is 13.1. The molecule has 4 aromatic rings. The molecule has 1 fully saturated rings. The first-order chi connectivity index (χ1) is 19.9. The number of nitro benzene ring substituents is 1. The zero-order chi connectivity index (χ0) is 28.5. The van der Waals surface area contributed by atoms with Gasteiger partial charge in [0.1, 0.15) is 17.3 Å². The second-order valence-corrected chi connectivity index (χ2v) is 10.5. The summed E-state index contributed by atoms with van der Waals surface area (Å²) < 4.78 is 15.8. The summed E-state index contributed by atoms with van der Waals surface area (Å²) in [6.45, 7) is 0. The van der Waals surface area contributed by atoms with Gasteiger partial charge in [-0.15, -0.1) is 0 Å². The monoisotopic (exact) mass is 544 g/mol. The molecule has 2 heterocycles. The topological polar surface area (TPSA) is 97.6 Å². The molecule has 3 aliphatic rings. The number of hydrogen-bond acceptors (Lipinski definition) is 6. The highest BCUT2D eigenvalue weighted by molar-refractivity contribution is 6.32. The molecule has 0 bridgehead atoms. The van der Waals surface area contributed by atoms with Gasteiger partial charge in [-0.05, 0) is 35.4 Å². The number of hydrogen-bond donors (Lipinski definition) is 0. The minimum atomic E-state index is -1.82. The summed E-state index contributed by atoms with van der Waals surface area (Å²) in [5, 5.41) is 11.3. The van der Waals surface area contributed by atoms with Crippen molar-refractivity contribution in [2.75, 3.05) is 4.90 Å². The van der Waals surface area contributed by atoms with Crippen LogP contribution in [0, 0.1) is 21.3 Å². The lowest BCUT2D eigenvalue weighted by Gasteiger charge is -2.37. The number of anilines is 1. The molecule has 0 aromatic heterocycles. The highest BCUT2D eigenvalue weighted by atomic mass is 19.1. The SMILES string of the molecule is O=C(c1ccc([N+](=O)[O-])cc1)[C@@H]1[C@H](c2ccccc2F)C2(C(=O)c3ccccc3C2=O)[C@@H]2C=Cc3ccccc3N12. The van der Waals surface area contributed by atoms with Crippen molar-refractivity contribution in [3.63, 3.8) is 0 Å². The molecule has 2 aliphatic heterocycles. The number of fused-ring (bicyclic) bond motifs is 5. The molecule has 4 aromatic carbocycles. The van der Waals surface area contributed by atoms with Gasteiger partial charge in [0, 0.05) is 40.4 Å². The van der Waals surface area contributed by atoms with Crippen molar-refractivity contribution in [2.24, 2.45) is 5.41 Å². The molecule has 3 atom stereocenters. The number of benzene rings is 4. The standard InChI is InChI=1S/C33H21FN2O5/c34-25-11-5-4-10-24(25)28-29(30(37)20-13-16-21(17-14-20)36(40)41)35-26-12-6-1-7-19(26)15-18-27(35)33(28)31(38)22-8-2-3-9-23(22)32(33)39/h1-18,27-29H/t27-,28-,29-/m0/s1. The largest absolute Gasteiger partial charge is 0.352 e. The van der Waals surface area contributed by atoms with Crippen molar-refractivity contribution in [3.8, 4) is 0 Å². The summed E-state index contributed by atoms with van der Waals surface area (Å²) in [4.78, 5) is 56.1. The van der Waals surface area contributed by atoms with Crippen molar-refractivity contribution in [2.45, 2.75) is 18.0 Å². The molecule has 1 saturated heterocycles. The summed E-state index contributed by atoms with van der Waals surface area (Å²) in [5.41, 5.74) is 0.138. The van der Waals surface area contributed by atoms with Crippen LogP contribution in [0.5, 0.6) is 0 Å². The number of carbonyl (C=O) groups excluding carboxylic acids is 3. The van der Waals surface area contributed by atoms with Gasteiger partial charge in [-0.1, -0.05) is 72.8 Å². The molecule has 200 valence electrons. The van der Waals surface area contributed by atoms with Gasteiger partial charge in [0.15, 0.2) is 17.3 Å². The maximum absolute atomic E-state index is 15.8. The molecular formula is C33H21FN2O5. The Balaban J connectivity index is 1.53. The van der Waals surface area contributed by atoms with E-state index in [1.807, 2.05) is 24.3 Å². The van der Waals surface area contributed by atoms with E-state index < -0.39 is 51.5 Å². The number of ketones is 3. The molecule has 0 unspecified atom stereocenters. The summed E-state index contributed by atoms with van der Waals surface area (Å²) >= 11 is 0. The van der Waals surface area contributed by atoms with E-state index in [-0.39, 0.29) is 27.9 Å². The zero-order valence-electron chi connectivity index (χ0n) is 21.4. The Morgan fingerprint density at radius 3 is 2.10 bits per heavy atom. The summed E-state index contributed by atoms with van der Waals surface area (Å²) in [6.07, 6.45) is 3.60. The maximum atomic E-state index is 15.8. The van der Waals surface area contributed by atoms with Crippen molar-refractivity contribution in [1.82, 2.24) is 0 Å². The van der Waals surface area contributed by atoms with Gasteiger partial charge < -0.3 is 4.90 Å². The molecule has 7 nitrogen and oxygen atoms in total. The van der Waals surface area contributed by atoms with Gasteiger partial charge in [-0.25, -0.2) is 4.39 Å². The van der Waals surface area contributed by atoms with E-state index in [2.05, 4.69) is 0 Å². The smallest absolute Gasteiger partial charge is 0.269 e. The molecule has 41 heavy (non-hydrogen) atoms. The fraction of sp³-hybridized carbons (Fsp3) is 0.121. The fourth-order valence-corrected chi connectivity index (χ4v) is 6.91. The van der Waals surface area contributed by atoms with Crippen molar-refractivity contribution in [1.29, 1.82) is 0 Å². The number of non-ortho nitro benzene ring substituents is 1. The number of rotatable bonds is 4. The lowest BCUT2D eigenvalue weighted by Crippen LogP contribution is -2.48. The molecule has 7 rings (SSSR count). The van der Waals surface area contributed by atoms with Crippen LogP contribution in [0.25, 0.3) is 6.08 Å². The average molecular weight is 545 g/mol. The molecule has 0 amide bonds. The van der Waals surface area contributed by atoms with Gasteiger partial charge in [-0.2, -0.15) is 0 Å². The van der Waals surface area contributed by atoms with E-state index in [1.165, 1.54) is 42.5 Å². The predicted octanol–water partition coefficient (Wildman–Crippen LogP) is 6.05. The van der Waals surface area contributed by atoms with Crippen molar-refractivity contribution in [3.05, 3.63) is 147 Å². The zero-order valence-corrected chi connectivity index (χ0v) is 21.4. The van der Waals surface area contributed by atoms with Crippen molar-refractivity contribution < 1.29 is 23.7 Å². The summed E-state index contributed by atoms with van der Waals surface area (Å²) in [7, 11) is 0. The Kier molecular flexibility index (Phi) is 5.37. The molecule has 1 aliphatic carbocycles. The number of Topliss-reactive ketones (excluding diaryl/α,β-unsaturated/α-hetero) is 3. The van der Waals surface area contributed by atoms with E-state index in [4.69, 9.17) is 0 Å². The van der Waals surface area contributed by atoms with Crippen LogP contribution in [0.4, 0.5) is 15.8 Å². The number of para-hydroxylation sites is 1. The van der Waals surface area contributed by atoms with E-state index in [0.29, 0.717) is 5.69 Å². The molecule has 0 saturated carbocycles. The first-order valence-corrected chi connectivity index (χ1v) is 13.1. The van der Waals surface area contributed by atoms with Crippen LogP contribution >= 0.6 is 0 Å². The average Bonchev–Trinajstić information content (AvgIpc) is 3.43. The molecule has 1 spiro atoms. The molecular weight excluding hydrogens is 523 g/mol. The lowest BCUT2D eigenvalue weighted by atomic mass is 9.64. The van der Waals surface area contributed by atoms with Crippen LogP contribution in [0.1, 0.15) is 48.1 Å². The van der Waals surface area contributed by atoms with Crippen LogP contribution in [-0.2, 0) is 0 Å². The molecule has 0 radical (unpaired) electrons. The maximum Gasteiger partial charge on any atom is 0.269 e. The molecule has 0 N–H and O–H groups in total. The second kappa shape index (κ2) is 8.89. The van der Waals surface area contributed by atoms with Gasteiger partial charge in [-0.3, -0.25) is 24.5 Å². The Morgan fingerprint density at radius 2 is 1.44 bits per heavy atom. The first kappa shape index (κ1) is 24.8. The fourth-order valence-electron chi connectivity index (χ4n) is 6.91. The van der Waals surface area contributed by atoms with E-state index in [1.54, 1.807) is 47.4 Å². The van der Waals surface area contributed by atoms with Gasteiger partial charge in [0.05, 0.1) is 11.0 Å².